The van der Waals surface area contributed by atoms with Crippen molar-refractivity contribution in [1.82, 2.24) is 15.1 Å². The molecule has 0 bridgehead atoms. The van der Waals surface area contributed by atoms with Crippen LogP contribution in [0.2, 0.25) is 0 Å². The fourth-order valence-electron chi connectivity index (χ4n) is 3.98. The summed E-state index contributed by atoms with van der Waals surface area (Å²) in [7, 11) is 0. The molecular weight excluding hydrogens is 408 g/mol. The van der Waals surface area contributed by atoms with E-state index in [0.717, 1.165) is 28.1 Å². The van der Waals surface area contributed by atoms with Crippen molar-refractivity contribution in [2.24, 2.45) is 0 Å². The predicted molar refractivity (Wildman–Crippen MR) is 121 cm³/mol. The predicted octanol–water partition coefficient (Wildman–Crippen LogP) is 1.01. The Morgan fingerprint density at radius 2 is 1.62 bits per heavy atom. The third kappa shape index (κ3) is 5.12. The molecule has 1 saturated heterocycles. The molecule has 3 aromatic rings. The topological polar surface area (TPSA) is 122 Å². The van der Waals surface area contributed by atoms with E-state index in [2.05, 4.69) is 15.5 Å². The number of nitrogens with one attached hydrogen (secondary N) is 1. The van der Waals surface area contributed by atoms with E-state index in [9.17, 15) is 20.4 Å². The Kier molecular flexibility index (Phi) is 7.09. The third-order valence-electron chi connectivity index (χ3n) is 5.87. The normalized spacial score (nSPS) is 23.8. The maximum absolute atomic E-state index is 10.1. The molecular formula is C24H28N4O4. The first-order valence-corrected chi connectivity index (χ1v) is 10.6. The van der Waals surface area contributed by atoms with E-state index in [0.29, 0.717) is 13.1 Å². The molecule has 1 aliphatic rings. The molecule has 0 aliphatic carbocycles. The second-order valence-electron chi connectivity index (χ2n) is 8.08. The molecule has 1 aliphatic heterocycles. The van der Waals surface area contributed by atoms with Gasteiger partial charge >= 0.3 is 0 Å². The SMILES string of the molecule is OC[C@@H]1[C@@H](O)[C@H](O)[C@@H](O)CN1Cc1ccc(CNc2ccc(-c3cccnn3)cc2)cc1. The van der Waals surface area contributed by atoms with Gasteiger partial charge in [-0.15, -0.1) is 0 Å². The molecule has 4 rings (SSSR count). The van der Waals surface area contributed by atoms with E-state index in [4.69, 9.17) is 0 Å². The second kappa shape index (κ2) is 10.2. The van der Waals surface area contributed by atoms with E-state index < -0.39 is 24.4 Å². The van der Waals surface area contributed by atoms with Crippen LogP contribution in [0, 0.1) is 0 Å². The van der Waals surface area contributed by atoms with Gasteiger partial charge in [-0.1, -0.05) is 36.4 Å². The minimum atomic E-state index is -1.24. The highest BCUT2D eigenvalue weighted by Gasteiger charge is 2.40. The van der Waals surface area contributed by atoms with Crippen LogP contribution in [0.3, 0.4) is 0 Å². The van der Waals surface area contributed by atoms with Gasteiger partial charge < -0.3 is 25.7 Å². The van der Waals surface area contributed by atoms with Gasteiger partial charge in [0.05, 0.1) is 24.4 Å². The third-order valence-corrected chi connectivity index (χ3v) is 5.87. The molecule has 0 amide bonds. The zero-order chi connectivity index (χ0) is 22.5. The maximum Gasteiger partial charge on any atom is 0.109 e. The molecule has 32 heavy (non-hydrogen) atoms. The number of likely N-dealkylation sites (tertiary alicyclic amines) is 1. The number of hydrogen-bond acceptors (Lipinski definition) is 8. The van der Waals surface area contributed by atoms with Crippen LogP contribution in [0.4, 0.5) is 5.69 Å². The number of benzene rings is 2. The van der Waals surface area contributed by atoms with E-state index in [-0.39, 0.29) is 13.2 Å². The molecule has 2 aromatic carbocycles. The number of piperidine rings is 1. The number of hydrogen-bond donors (Lipinski definition) is 5. The molecule has 4 atom stereocenters. The van der Waals surface area contributed by atoms with Crippen molar-refractivity contribution in [3.05, 3.63) is 78.0 Å². The molecule has 0 unspecified atom stereocenters. The lowest BCUT2D eigenvalue weighted by Crippen LogP contribution is -2.62. The van der Waals surface area contributed by atoms with Gasteiger partial charge in [0.25, 0.3) is 0 Å². The first kappa shape index (κ1) is 22.3. The van der Waals surface area contributed by atoms with Crippen LogP contribution < -0.4 is 5.32 Å². The Hall–Kier alpha value is -2.88. The Bertz CT molecular complexity index is 985. The summed E-state index contributed by atoms with van der Waals surface area (Å²) in [5.74, 6) is 0. The first-order valence-electron chi connectivity index (χ1n) is 10.6. The van der Waals surface area contributed by atoms with Crippen LogP contribution >= 0.6 is 0 Å². The largest absolute Gasteiger partial charge is 0.395 e. The molecule has 8 heteroatoms. The number of aliphatic hydroxyl groups excluding tert-OH is 4. The number of aliphatic hydroxyl groups is 4. The average Bonchev–Trinajstić information content (AvgIpc) is 2.83. The number of rotatable bonds is 7. The van der Waals surface area contributed by atoms with Crippen molar-refractivity contribution in [2.75, 3.05) is 18.5 Å². The summed E-state index contributed by atoms with van der Waals surface area (Å²) in [6, 6.07) is 19.2. The summed E-state index contributed by atoms with van der Waals surface area (Å²) in [5.41, 5.74) is 4.95. The first-order chi connectivity index (χ1) is 15.5. The summed E-state index contributed by atoms with van der Waals surface area (Å²) in [6.45, 7) is 1.03. The fraction of sp³-hybridized carbons (Fsp3) is 0.333. The molecule has 168 valence electrons. The minimum absolute atomic E-state index is 0.192. The number of aromatic nitrogens is 2. The molecule has 0 radical (unpaired) electrons. The Labute approximate surface area is 186 Å². The van der Waals surface area contributed by atoms with Gasteiger partial charge in [0.2, 0.25) is 0 Å². The maximum atomic E-state index is 10.1. The van der Waals surface area contributed by atoms with Gasteiger partial charge in [-0.05, 0) is 35.4 Å². The Morgan fingerprint density at radius 3 is 2.28 bits per heavy atom. The molecule has 8 nitrogen and oxygen atoms in total. The van der Waals surface area contributed by atoms with E-state index >= 15 is 0 Å². The standard InChI is InChI=1S/C24H28N4O4/c29-15-21-23(31)24(32)22(30)14-28(21)13-17-5-3-16(4-6-17)12-25-19-9-7-18(8-10-19)20-2-1-11-26-27-20/h1-11,21-25,29-32H,12-15H2/t21-,22+,23-,24-/m1/s1. The fourth-order valence-corrected chi connectivity index (χ4v) is 3.98. The van der Waals surface area contributed by atoms with Crippen molar-refractivity contribution in [3.8, 4) is 11.3 Å². The van der Waals surface area contributed by atoms with Crippen molar-refractivity contribution in [3.63, 3.8) is 0 Å². The number of anilines is 1. The molecule has 1 aromatic heterocycles. The van der Waals surface area contributed by atoms with Crippen molar-refractivity contribution < 1.29 is 20.4 Å². The number of nitrogens with zero attached hydrogens (tertiary/aromatic N) is 3. The molecule has 0 spiro atoms. The van der Waals surface area contributed by atoms with Crippen LogP contribution in [0.5, 0.6) is 0 Å². The van der Waals surface area contributed by atoms with E-state index in [1.807, 2.05) is 60.7 Å². The summed E-state index contributed by atoms with van der Waals surface area (Å²) < 4.78 is 0. The average molecular weight is 437 g/mol. The molecule has 5 N–H and O–H groups in total. The summed E-state index contributed by atoms with van der Waals surface area (Å²) in [6.07, 6.45) is -1.82. The second-order valence-corrected chi connectivity index (χ2v) is 8.08. The van der Waals surface area contributed by atoms with Crippen LogP contribution in [0.25, 0.3) is 11.3 Å². The van der Waals surface area contributed by atoms with Crippen LogP contribution in [0.1, 0.15) is 11.1 Å². The van der Waals surface area contributed by atoms with Gasteiger partial charge in [-0.25, -0.2) is 0 Å². The van der Waals surface area contributed by atoms with Gasteiger partial charge in [0.1, 0.15) is 12.2 Å². The van der Waals surface area contributed by atoms with Crippen LogP contribution in [-0.4, -0.2) is 73.0 Å². The van der Waals surface area contributed by atoms with E-state index in [1.54, 1.807) is 11.1 Å². The van der Waals surface area contributed by atoms with Crippen molar-refractivity contribution in [1.29, 1.82) is 0 Å². The number of β-amino-alcohol motifs (C(OH)–C–C–N with tert-alkyl or cyclic N) is 1. The Balaban J connectivity index is 1.33. The van der Waals surface area contributed by atoms with Crippen molar-refractivity contribution in [2.45, 2.75) is 37.4 Å². The van der Waals surface area contributed by atoms with E-state index in [1.165, 1.54) is 0 Å². The molecule has 2 heterocycles. The minimum Gasteiger partial charge on any atom is -0.395 e. The monoisotopic (exact) mass is 436 g/mol. The van der Waals surface area contributed by atoms with Crippen LogP contribution in [-0.2, 0) is 13.1 Å². The van der Waals surface area contributed by atoms with Gasteiger partial charge in [-0.3, -0.25) is 4.90 Å². The summed E-state index contributed by atoms with van der Waals surface area (Å²) >= 11 is 0. The molecule has 0 saturated carbocycles. The zero-order valence-corrected chi connectivity index (χ0v) is 17.6. The highest BCUT2D eigenvalue weighted by atomic mass is 16.4. The lowest BCUT2D eigenvalue weighted by Gasteiger charge is -2.43. The molecule has 1 fully saturated rings. The van der Waals surface area contributed by atoms with Gasteiger partial charge in [0.15, 0.2) is 0 Å². The quantitative estimate of drug-likeness (QED) is 0.372. The smallest absolute Gasteiger partial charge is 0.109 e. The summed E-state index contributed by atoms with van der Waals surface area (Å²) in [5, 5.41) is 51.0. The lowest BCUT2D eigenvalue weighted by molar-refractivity contribution is -0.147. The summed E-state index contributed by atoms with van der Waals surface area (Å²) in [4.78, 5) is 1.80. The highest BCUT2D eigenvalue weighted by Crippen LogP contribution is 2.22. The van der Waals surface area contributed by atoms with Gasteiger partial charge in [-0.2, -0.15) is 10.2 Å². The zero-order valence-electron chi connectivity index (χ0n) is 17.6. The van der Waals surface area contributed by atoms with Crippen LogP contribution in [0.15, 0.2) is 66.9 Å². The van der Waals surface area contributed by atoms with Gasteiger partial charge in [0, 0.05) is 37.1 Å². The van der Waals surface area contributed by atoms with Crippen molar-refractivity contribution >= 4 is 5.69 Å². The highest BCUT2D eigenvalue weighted by molar-refractivity contribution is 5.62. The Morgan fingerprint density at radius 1 is 0.906 bits per heavy atom. The lowest BCUT2D eigenvalue weighted by atomic mass is 9.93.